The molecule has 0 saturated heterocycles. The Morgan fingerprint density at radius 3 is 2.73 bits per heavy atom. The zero-order valence-corrected chi connectivity index (χ0v) is 7.80. The number of aliphatic imine (C=N–C) groups is 1. The van der Waals surface area contributed by atoms with Gasteiger partial charge in [-0.3, -0.25) is 4.99 Å². The van der Waals surface area contributed by atoms with E-state index in [4.69, 9.17) is 5.73 Å². The lowest BCUT2D eigenvalue weighted by atomic mass is 10.6. The highest BCUT2D eigenvalue weighted by molar-refractivity contribution is 5.85. The van der Waals surface area contributed by atoms with Crippen LogP contribution < -0.4 is 16.4 Å². The predicted octanol–water partition coefficient (Wildman–Crippen LogP) is -0.663. The minimum atomic E-state index is 0. The molecule has 1 heterocycles. The molecule has 0 saturated carbocycles. The number of hydrogen-bond donors (Lipinski definition) is 3. The summed E-state index contributed by atoms with van der Waals surface area (Å²) in [5, 5.41) is 6.12. The van der Waals surface area contributed by atoms with E-state index in [0.717, 1.165) is 25.6 Å². The highest BCUT2D eigenvalue weighted by Gasteiger charge is 2.00. The Labute approximate surface area is 78.8 Å². The summed E-state index contributed by atoms with van der Waals surface area (Å²) in [6, 6.07) is 0. The van der Waals surface area contributed by atoms with Crippen LogP contribution in [0.2, 0.25) is 0 Å². The molecule has 4 nitrogen and oxygen atoms in total. The molecule has 0 aromatic heterocycles. The van der Waals surface area contributed by atoms with Gasteiger partial charge in [0, 0.05) is 19.6 Å². The summed E-state index contributed by atoms with van der Waals surface area (Å²) in [4.78, 5) is 4.11. The van der Waals surface area contributed by atoms with Crippen LogP contribution in [0.4, 0.5) is 0 Å². The van der Waals surface area contributed by atoms with Crippen molar-refractivity contribution in [2.24, 2.45) is 10.7 Å². The third-order valence-corrected chi connectivity index (χ3v) is 1.11. The SMILES string of the molecule is Cl.Cl.NCCNC1=NCCN1. The van der Waals surface area contributed by atoms with E-state index in [1.165, 1.54) is 0 Å². The molecule has 0 bridgehead atoms. The number of halogens is 2. The van der Waals surface area contributed by atoms with Crippen molar-refractivity contribution in [3.05, 3.63) is 0 Å². The summed E-state index contributed by atoms with van der Waals surface area (Å²) in [7, 11) is 0. The van der Waals surface area contributed by atoms with E-state index >= 15 is 0 Å². The predicted molar refractivity (Wildman–Crippen MR) is 51.9 cm³/mol. The van der Waals surface area contributed by atoms with E-state index in [9.17, 15) is 0 Å². The molecule has 0 amide bonds. The fourth-order valence-corrected chi connectivity index (χ4v) is 0.707. The van der Waals surface area contributed by atoms with Crippen LogP contribution >= 0.6 is 24.8 Å². The first-order chi connectivity index (χ1) is 4.43. The van der Waals surface area contributed by atoms with Crippen LogP contribution in [0.25, 0.3) is 0 Å². The van der Waals surface area contributed by atoms with Gasteiger partial charge in [-0.1, -0.05) is 0 Å². The molecule has 0 fully saturated rings. The molecule has 1 aliphatic rings. The molecule has 68 valence electrons. The van der Waals surface area contributed by atoms with Gasteiger partial charge in [0.25, 0.3) is 0 Å². The quantitative estimate of drug-likeness (QED) is 0.555. The smallest absolute Gasteiger partial charge is 0.191 e. The molecule has 1 rings (SSSR count). The van der Waals surface area contributed by atoms with Crippen LogP contribution in [0.15, 0.2) is 4.99 Å². The highest BCUT2D eigenvalue weighted by atomic mass is 35.5. The Morgan fingerprint density at radius 1 is 1.55 bits per heavy atom. The van der Waals surface area contributed by atoms with Gasteiger partial charge in [-0.2, -0.15) is 0 Å². The summed E-state index contributed by atoms with van der Waals surface area (Å²) in [6.07, 6.45) is 0. The first-order valence-electron chi connectivity index (χ1n) is 3.16. The van der Waals surface area contributed by atoms with E-state index in [-0.39, 0.29) is 24.8 Å². The van der Waals surface area contributed by atoms with E-state index in [2.05, 4.69) is 15.6 Å². The van der Waals surface area contributed by atoms with Crippen LogP contribution in [0, 0.1) is 0 Å². The van der Waals surface area contributed by atoms with Crippen molar-refractivity contribution in [3.8, 4) is 0 Å². The van der Waals surface area contributed by atoms with Gasteiger partial charge in [-0.15, -0.1) is 24.8 Å². The average molecular weight is 201 g/mol. The second-order valence-corrected chi connectivity index (χ2v) is 1.87. The average Bonchev–Trinajstić information content (AvgIpc) is 2.34. The molecular weight excluding hydrogens is 187 g/mol. The normalized spacial score (nSPS) is 13.7. The molecule has 0 unspecified atom stereocenters. The minimum Gasteiger partial charge on any atom is -0.355 e. The molecule has 0 radical (unpaired) electrons. The van der Waals surface area contributed by atoms with Crippen molar-refractivity contribution < 1.29 is 0 Å². The minimum absolute atomic E-state index is 0. The van der Waals surface area contributed by atoms with Crippen LogP contribution in [-0.4, -0.2) is 32.1 Å². The monoisotopic (exact) mass is 200 g/mol. The van der Waals surface area contributed by atoms with Crippen LogP contribution in [0.3, 0.4) is 0 Å². The van der Waals surface area contributed by atoms with Crippen molar-refractivity contribution in [2.75, 3.05) is 26.2 Å². The van der Waals surface area contributed by atoms with Gasteiger partial charge in [-0.05, 0) is 0 Å². The zero-order valence-electron chi connectivity index (χ0n) is 6.17. The topological polar surface area (TPSA) is 62.4 Å². The Bertz CT molecular complexity index is 117. The summed E-state index contributed by atoms with van der Waals surface area (Å²) in [5.74, 6) is 0.889. The molecule has 0 aliphatic carbocycles. The molecule has 0 atom stereocenters. The number of guanidine groups is 1. The number of nitrogens with zero attached hydrogens (tertiary/aromatic N) is 1. The van der Waals surface area contributed by atoms with Gasteiger partial charge in [0.15, 0.2) is 5.96 Å². The van der Waals surface area contributed by atoms with Gasteiger partial charge >= 0.3 is 0 Å². The Balaban J connectivity index is 0. The maximum Gasteiger partial charge on any atom is 0.191 e. The van der Waals surface area contributed by atoms with Crippen LogP contribution in [0.1, 0.15) is 0 Å². The van der Waals surface area contributed by atoms with E-state index in [1.54, 1.807) is 0 Å². The van der Waals surface area contributed by atoms with Crippen molar-refractivity contribution >= 4 is 30.8 Å². The lowest BCUT2D eigenvalue weighted by molar-refractivity contribution is 0.845. The van der Waals surface area contributed by atoms with Crippen LogP contribution in [0.5, 0.6) is 0 Å². The Morgan fingerprint density at radius 2 is 2.27 bits per heavy atom. The van der Waals surface area contributed by atoms with Crippen LogP contribution in [-0.2, 0) is 0 Å². The van der Waals surface area contributed by atoms with E-state index in [1.807, 2.05) is 0 Å². The van der Waals surface area contributed by atoms with Crippen molar-refractivity contribution in [1.82, 2.24) is 10.6 Å². The molecule has 6 heteroatoms. The molecule has 0 spiro atoms. The molecule has 11 heavy (non-hydrogen) atoms. The van der Waals surface area contributed by atoms with E-state index in [0.29, 0.717) is 6.54 Å². The van der Waals surface area contributed by atoms with Gasteiger partial charge in [0.05, 0.1) is 6.54 Å². The standard InChI is InChI=1S/C5H12N4.2ClH/c6-1-2-7-5-8-3-4-9-5;;/h1-4,6H2,(H2,7,8,9);2*1H. The molecule has 0 aromatic rings. The van der Waals surface area contributed by atoms with Crippen molar-refractivity contribution in [2.45, 2.75) is 0 Å². The molecule has 1 aliphatic heterocycles. The molecular formula is C5H14Cl2N4. The van der Waals surface area contributed by atoms with E-state index < -0.39 is 0 Å². The third kappa shape index (κ3) is 5.12. The third-order valence-electron chi connectivity index (χ3n) is 1.11. The van der Waals surface area contributed by atoms with Crippen molar-refractivity contribution in [3.63, 3.8) is 0 Å². The summed E-state index contributed by atoms with van der Waals surface area (Å²) in [5.41, 5.74) is 5.26. The van der Waals surface area contributed by atoms with Gasteiger partial charge in [0.2, 0.25) is 0 Å². The number of nitrogens with one attached hydrogen (secondary N) is 2. The molecule has 0 aromatic carbocycles. The van der Waals surface area contributed by atoms with Gasteiger partial charge in [-0.25, -0.2) is 0 Å². The second kappa shape index (κ2) is 7.91. The fourth-order valence-electron chi connectivity index (χ4n) is 0.707. The zero-order chi connectivity index (χ0) is 6.53. The Hall–Kier alpha value is -0.190. The highest BCUT2D eigenvalue weighted by Crippen LogP contribution is 1.78. The first kappa shape index (κ1) is 13.4. The maximum atomic E-state index is 5.26. The largest absolute Gasteiger partial charge is 0.355 e. The lowest BCUT2D eigenvalue weighted by Gasteiger charge is -2.02. The Kier molecular flexibility index (Phi) is 9.64. The summed E-state index contributed by atoms with van der Waals surface area (Å²) < 4.78 is 0. The number of hydrogen-bond acceptors (Lipinski definition) is 4. The van der Waals surface area contributed by atoms with Gasteiger partial charge < -0.3 is 16.4 Å². The second-order valence-electron chi connectivity index (χ2n) is 1.87. The summed E-state index contributed by atoms with van der Waals surface area (Å²) >= 11 is 0. The molecule has 4 N–H and O–H groups in total. The lowest BCUT2D eigenvalue weighted by Crippen LogP contribution is -2.36. The fraction of sp³-hybridized carbons (Fsp3) is 0.800. The van der Waals surface area contributed by atoms with Gasteiger partial charge in [0.1, 0.15) is 0 Å². The van der Waals surface area contributed by atoms with Crippen molar-refractivity contribution in [1.29, 1.82) is 0 Å². The number of nitrogens with two attached hydrogens (primary N) is 1. The summed E-state index contributed by atoms with van der Waals surface area (Å²) in [6.45, 7) is 3.28. The maximum absolute atomic E-state index is 5.26. The number of rotatable bonds is 2. The first-order valence-corrected chi connectivity index (χ1v) is 3.16.